The Kier molecular flexibility index (Phi) is 4.15. The number of carbonyl (C=O) groups excluding carboxylic acids is 1. The molecule has 1 aromatic carbocycles. The van der Waals surface area contributed by atoms with Crippen molar-refractivity contribution in [3.63, 3.8) is 0 Å². The summed E-state index contributed by atoms with van der Waals surface area (Å²) in [6, 6.07) is 10.1. The fourth-order valence-corrected chi connectivity index (χ4v) is 2.87. The lowest BCUT2D eigenvalue weighted by molar-refractivity contribution is -0.121. The maximum absolute atomic E-state index is 13.9. The lowest BCUT2D eigenvalue weighted by Gasteiger charge is -2.23. The van der Waals surface area contributed by atoms with Gasteiger partial charge in [-0.05, 0) is 37.2 Å². The highest BCUT2D eigenvalue weighted by Gasteiger charge is 2.36. The first-order valence-electron chi connectivity index (χ1n) is 7.32. The first kappa shape index (κ1) is 14.7. The molecule has 0 N–H and O–H groups in total. The van der Waals surface area contributed by atoms with Crippen molar-refractivity contribution in [2.75, 3.05) is 18.5 Å². The summed E-state index contributed by atoms with van der Waals surface area (Å²) in [5, 5.41) is 0. The van der Waals surface area contributed by atoms with Crippen molar-refractivity contribution in [1.29, 1.82) is 0 Å². The molecule has 1 atom stereocenters. The van der Waals surface area contributed by atoms with Crippen molar-refractivity contribution in [2.24, 2.45) is 0 Å². The average molecular weight is 299 g/mol. The van der Waals surface area contributed by atoms with Crippen LogP contribution in [0.1, 0.15) is 12.0 Å². The minimum Gasteiger partial charge on any atom is -0.308 e. The summed E-state index contributed by atoms with van der Waals surface area (Å²) in [5.41, 5.74) is 1.42. The Labute approximate surface area is 129 Å². The smallest absolute Gasteiger partial charge is 0.244 e. The summed E-state index contributed by atoms with van der Waals surface area (Å²) in [6.07, 6.45) is 4.22. The number of amides is 1. The lowest BCUT2D eigenvalue weighted by Crippen LogP contribution is -2.39. The van der Waals surface area contributed by atoms with Gasteiger partial charge in [-0.1, -0.05) is 18.2 Å². The quantitative estimate of drug-likeness (QED) is 0.870. The second-order valence-corrected chi connectivity index (χ2v) is 5.52. The zero-order chi connectivity index (χ0) is 15.5. The average Bonchev–Trinajstić information content (AvgIpc) is 2.90. The number of hydrogen-bond acceptors (Lipinski definition) is 3. The number of pyridine rings is 1. The van der Waals surface area contributed by atoms with Gasteiger partial charge in [0, 0.05) is 25.5 Å². The fourth-order valence-electron chi connectivity index (χ4n) is 2.87. The van der Waals surface area contributed by atoms with Crippen molar-refractivity contribution in [1.82, 2.24) is 9.88 Å². The Morgan fingerprint density at radius 2 is 2.14 bits per heavy atom. The van der Waals surface area contributed by atoms with Crippen molar-refractivity contribution in [3.05, 3.63) is 60.2 Å². The fraction of sp³-hybridized carbons (Fsp3) is 0.294. The van der Waals surface area contributed by atoms with Crippen LogP contribution in [0.25, 0.3) is 0 Å². The van der Waals surface area contributed by atoms with Gasteiger partial charge in [0.25, 0.3) is 0 Å². The summed E-state index contributed by atoms with van der Waals surface area (Å²) in [5.74, 6) is -0.400. The molecule has 1 aromatic heterocycles. The van der Waals surface area contributed by atoms with Crippen molar-refractivity contribution in [3.8, 4) is 0 Å². The molecule has 1 fully saturated rings. The van der Waals surface area contributed by atoms with Gasteiger partial charge in [-0.25, -0.2) is 4.39 Å². The third kappa shape index (κ3) is 2.85. The minimum atomic E-state index is -0.355. The monoisotopic (exact) mass is 299 g/mol. The normalized spacial score (nSPS) is 18.2. The summed E-state index contributed by atoms with van der Waals surface area (Å²) < 4.78 is 13.9. The van der Waals surface area contributed by atoms with Crippen molar-refractivity contribution < 1.29 is 9.18 Å². The van der Waals surface area contributed by atoms with Crippen LogP contribution in [0.15, 0.2) is 48.8 Å². The van der Waals surface area contributed by atoms with Gasteiger partial charge in [0.1, 0.15) is 5.82 Å². The molecular weight excluding hydrogens is 281 g/mol. The van der Waals surface area contributed by atoms with Gasteiger partial charge in [0.15, 0.2) is 0 Å². The Balaban J connectivity index is 1.72. The van der Waals surface area contributed by atoms with Crippen molar-refractivity contribution in [2.45, 2.75) is 19.0 Å². The van der Waals surface area contributed by atoms with Crippen LogP contribution >= 0.6 is 0 Å². The van der Waals surface area contributed by atoms with E-state index in [-0.39, 0.29) is 17.8 Å². The molecular formula is C17H18FN3O. The number of carbonyl (C=O) groups is 1. The predicted molar refractivity (Wildman–Crippen MR) is 82.9 cm³/mol. The molecule has 1 aliphatic heterocycles. The lowest BCUT2D eigenvalue weighted by atomic mass is 10.2. The second kappa shape index (κ2) is 6.23. The molecule has 3 rings (SSSR count). The largest absolute Gasteiger partial charge is 0.308 e. The van der Waals surface area contributed by atoms with Crippen molar-refractivity contribution >= 4 is 11.6 Å². The van der Waals surface area contributed by atoms with Gasteiger partial charge in [-0.15, -0.1) is 0 Å². The van der Waals surface area contributed by atoms with Crippen LogP contribution in [0.4, 0.5) is 10.1 Å². The minimum absolute atomic E-state index is 0.0449. The number of para-hydroxylation sites is 1. The number of aromatic nitrogens is 1. The topological polar surface area (TPSA) is 36.4 Å². The summed E-state index contributed by atoms with van der Waals surface area (Å²) >= 11 is 0. The molecule has 0 spiro atoms. The first-order valence-corrected chi connectivity index (χ1v) is 7.32. The number of rotatable bonds is 4. The molecule has 1 saturated heterocycles. The van der Waals surface area contributed by atoms with E-state index in [4.69, 9.17) is 0 Å². The number of benzene rings is 1. The van der Waals surface area contributed by atoms with Crippen LogP contribution in [-0.2, 0) is 11.3 Å². The van der Waals surface area contributed by atoms with E-state index in [0.717, 1.165) is 5.56 Å². The highest BCUT2D eigenvalue weighted by molar-refractivity contribution is 5.99. The zero-order valence-corrected chi connectivity index (χ0v) is 12.4. The molecule has 5 heteroatoms. The van der Waals surface area contributed by atoms with Crippen LogP contribution in [0.5, 0.6) is 0 Å². The Morgan fingerprint density at radius 1 is 1.32 bits per heavy atom. The Hall–Kier alpha value is -2.27. The summed E-state index contributed by atoms with van der Waals surface area (Å²) in [4.78, 5) is 20.2. The van der Waals surface area contributed by atoms with Gasteiger partial charge < -0.3 is 4.90 Å². The van der Waals surface area contributed by atoms with E-state index in [9.17, 15) is 9.18 Å². The Morgan fingerprint density at radius 3 is 2.86 bits per heavy atom. The van der Waals surface area contributed by atoms with Crippen LogP contribution in [0.3, 0.4) is 0 Å². The van der Waals surface area contributed by atoms with E-state index >= 15 is 0 Å². The van der Waals surface area contributed by atoms with Gasteiger partial charge >= 0.3 is 0 Å². The van der Waals surface area contributed by atoms with Crippen LogP contribution in [0, 0.1) is 5.82 Å². The van der Waals surface area contributed by atoms with Gasteiger partial charge in [-0.2, -0.15) is 0 Å². The molecule has 0 bridgehead atoms. The molecule has 2 heterocycles. The molecule has 1 amide bonds. The van der Waals surface area contributed by atoms with E-state index in [0.29, 0.717) is 25.2 Å². The molecule has 0 saturated carbocycles. The SMILES string of the molecule is CN(Cc1cccnc1)[C@@H]1CCN(c2ccccc2F)C1=O. The van der Waals surface area contributed by atoms with Crippen LogP contribution < -0.4 is 4.90 Å². The molecule has 0 unspecified atom stereocenters. The maximum Gasteiger partial charge on any atom is 0.244 e. The highest BCUT2D eigenvalue weighted by Crippen LogP contribution is 2.26. The zero-order valence-electron chi connectivity index (χ0n) is 12.4. The summed E-state index contributed by atoms with van der Waals surface area (Å²) in [7, 11) is 1.92. The van der Waals surface area contributed by atoms with Gasteiger partial charge in [0.2, 0.25) is 5.91 Å². The van der Waals surface area contributed by atoms with E-state index in [1.807, 2.05) is 24.1 Å². The molecule has 1 aliphatic rings. The second-order valence-electron chi connectivity index (χ2n) is 5.52. The number of nitrogens with zero attached hydrogens (tertiary/aromatic N) is 3. The van der Waals surface area contributed by atoms with Crippen LogP contribution in [0.2, 0.25) is 0 Å². The summed E-state index contributed by atoms with van der Waals surface area (Å²) in [6.45, 7) is 1.19. The van der Waals surface area contributed by atoms with Crippen LogP contribution in [-0.4, -0.2) is 35.4 Å². The molecule has 114 valence electrons. The third-order valence-corrected chi connectivity index (χ3v) is 4.01. The van der Waals surface area contributed by atoms with Gasteiger partial charge in [0.05, 0.1) is 11.7 Å². The predicted octanol–water partition coefficient (Wildman–Crippen LogP) is 2.46. The van der Waals surface area contributed by atoms with E-state index in [2.05, 4.69) is 4.98 Å². The third-order valence-electron chi connectivity index (χ3n) is 4.01. The Bertz CT molecular complexity index is 662. The number of hydrogen-bond donors (Lipinski definition) is 0. The number of likely N-dealkylation sites (N-methyl/N-ethyl adjacent to an activating group) is 1. The first-order chi connectivity index (χ1) is 10.7. The van der Waals surface area contributed by atoms with E-state index in [1.165, 1.54) is 6.07 Å². The number of anilines is 1. The molecule has 0 radical (unpaired) electrons. The van der Waals surface area contributed by atoms with E-state index in [1.54, 1.807) is 35.5 Å². The van der Waals surface area contributed by atoms with E-state index < -0.39 is 0 Å². The molecule has 0 aliphatic carbocycles. The standard InChI is InChI=1S/C17H18FN3O/c1-20(12-13-5-4-9-19-11-13)16-8-10-21(17(16)22)15-7-3-2-6-14(15)18/h2-7,9,11,16H,8,10,12H2,1H3/t16-/m1/s1. The molecule has 22 heavy (non-hydrogen) atoms. The number of halogens is 1. The van der Waals surface area contributed by atoms with Gasteiger partial charge in [-0.3, -0.25) is 14.7 Å². The molecule has 2 aromatic rings. The molecule has 4 nitrogen and oxygen atoms in total. The maximum atomic E-state index is 13.9. The highest BCUT2D eigenvalue weighted by atomic mass is 19.1.